The third-order valence-corrected chi connectivity index (χ3v) is 3.95. The van der Waals surface area contributed by atoms with Gasteiger partial charge in [-0.2, -0.15) is 0 Å². The second-order valence-electron chi connectivity index (χ2n) is 5.12. The van der Waals surface area contributed by atoms with Gasteiger partial charge in [-0.1, -0.05) is 5.92 Å². The molecule has 0 spiro atoms. The molecule has 1 aliphatic rings. The van der Waals surface area contributed by atoms with Crippen molar-refractivity contribution in [2.24, 2.45) is 5.92 Å². The summed E-state index contributed by atoms with van der Waals surface area (Å²) >= 11 is 0. The molecule has 8 heteroatoms. The summed E-state index contributed by atoms with van der Waals surface area (Å²) in [6.07, 6.45) is 5.65. The summed E-state index contributed by atoms with van der Waals surface area (Å²) in [6, 6.07) is 1.37. The fourth-order valence-corrected chi connectivity index (χ4v) is 2.70. The standard InChI is InChI=1S/C14H14FN3O4/c1-2-14(6-19)11(21)8(5-15)13(22-14)18-7-17-10-9(20)3-4-16-12(10)18/h1,3-4,7-8,11,13,19,21H,5-6H2,(H,16,20)/t8-,11-,13+,14+/m0/s1. The minimum Gasteiger partial charge on any atom is -0.505 e. The van der Waals surface area contributed by atoms with E-state index in [1.807, 2.05) is 0 Å². The van der Waals surface area contributed by atoms with Gasteiger partial charge >= 0.3 is 0 Å². The number of imidazole rings is 1. The van der Waals surface area contributed by atoms with E-state index in [9.17, 15) is 19.7 Å². The van der Waals surface area contributed by atoms with Gasteiger partial charge in [0, 0.05) is 12.3 Å². The molecule has 0 unspecified atom stereocenters. The van der Waals surface area contributed by atoms with Crippen molar-refractivity contribution in [1.29, 1.82) is 0 Å². The molecule has 2 aromatic rings. The van der Waals surface area contributed by atoms with Crippen molar-refractivity contribution in [2.75, 3.05) is 13.3 Å². The lowest BCUT2D eigenvalue weighted by Gasteiger charge is -2.23. The molecule has 3 rings (SSSR count). The van der Waals surface area contributed by atoms with Crippen LogP contribution < -0.4 is 0 Å². The summed E-state index contributed by atoms with van der Waals surface area (Å²) < 4.78 is 20.4. The van der Waals surface area contributed by atoms with Gasteiger partial charge in [0.1, 0.15) is 23.6 Å². The average Bonchev–Trinajstić information content (AvgIpc) is 3.07. The Kier molecular flexibility index (Phi) is 3.48. The maximum atomic E-state index is 13.4. The minimum atomic E-state index is -1.69. The largest absolute Gasteiger partial charge is 0.505 e. The van der Waals surface area contributed by atoms with Crippen molar-refractivity contribution < 1.29 is 24.4 Å². The van der Waals surface area contributed by atoms with Gasteiger partial charge in [0.25, 0.3) is 0 Å². The average molecular weight is 307 g/mol. The number of aliphatic hydroxyl groups is 2. The van der Waals surface area contributed by atoms with Crippen molar-refractivity contribution >= 4 is 11.2 Å². The van der Waals surface area contributed by atoms with Crippen LogP contribution in [0.3, 0.4) is 0 Å². The third kappa shape index (κ3) is 1.87. The molecule has 0 saturated carbocycles. The highest BCUT2D eigenvalue weighted by molar-refractivity contribution is 5.77. The molecule has 22 heavy (non-hydrogen) atoms. The van der Waals surface area contributed by atoms with E-state index in [-0.39, 0.29) is 16.9 Å². The number of terminal acetylenes is 1. The first-order valence-corrected chi connectivity index (χ1v) is 6.59. The zero-order valence-corrected chi connectivity index (χ0v) is 11.4. The second-order valence-corrected chi connectivity index (χ2v) is 5.12. The van der Waals surface area contributed by atoms with Crippen LogP contribution in [0.25, 0.3) is 11.2 Å². The predicted molar refractivity (Wildman–Crippen MR) is 73.4 cm³/mol. The Morgan fingerprint density at radius 1 is 1.50 bits per heavy atom. The van der Waals surface area contributed by atoms with Gasteiger partial charge in [-0.3, -0.25) is 8.96 Å². The van der Waals surface area contributed by atoms with Gasteiger partial charge < -0.3 is 20.1 Å². The molecule has 7 nitrogen and oxygen atoms in total. The van der Waals surface area contributed by atoms with Crippen LogP contribution in [0.1, 0.15) is 6.23 Å². The summed E-state index contributed by atoms with van der Waals surface area (Å²) in [6.45, 7) is -1.56. The van der Waals surface area contributed by atoms with Crippen LogP contribution in [-0.2, 0) is 4.74 Å². The van der Waals surface area contributed by atoms with Gasteiger partial charge in [-0.15, -0.1) is 6.42 Å². The SMILES string of the molecule is C#C[C@]1(CO)O[C@@H](n2cnc3c(O)ccnc32)[C@@H](CF)[C@@H]1O. The first-order chi connectivity index (χ1) is 10.6. The summed E-state index contributed by atoms with van der Waals surface area (Å²) in [4.78, 5) is 8.09. The number of alkyl halides is 1. The van der Waals surface area contributed by atoms with Crippen molar-refractivity contribution in [3.8, 4) is 18.1 Å². The van der Waals surface area contributed by atoms with Crippen molar-refractivity contribution in [3.63, 3.8) is 0 Å². The third-order valence-electron chi connectivity index (χ3n) is 3.95. The van der Waals surface area contributed by atoms with E-state index in [1.54, 1.807) is 0 Å². The number of hydrogen-bond donors (Lipinski definition) is 3. The number of nitrogens with zero attached hydrogens (tertiary/aromatic N) is 3. The van der Waals surface area contributed by atoms with Crippen LogP contribution in [0.2, 0.25) is 0 Å². The van der Waals surface area contributed by atoms with Crippen molar-refractivity contribution in [3.05, 3.63) is 18.6 Å². The Labute approximate surface area is 125 Å². The number of hydrogen-bond acceptors (Lipinski definition) is 6. The molecule has 3 heterocycles. The van der Waals surface area contributed by atoms with Gasteiger partial charge in [0.15, 0.2) is 11.2 Å². The van der Waals surface area contributed by atoms with Crippen molar-refractivity contribution in [1.82, 2.24) is 14.5 Å². The topological polar surface area (TPSA) is 101 Å². The van der Waals surface area contributed by atoms with E-state index in [2.05, 4.69) is 15.9 Å². The zero-order valence-electron chi connectivity index (χ0n) is 11.4. The van der Waals surface area contributed by atoms with Gasteiger partial charge in [0.2, 0.25) is 0 Å². The van der Waals surface area contributed by atoms with E-state index < -0.39 is 37.1 Å². The smallest absolute Gasteiger partial charge is 0.179 e. The Balaban J connectivity index is 2.10. The number of ether oxygens (including phenoxy) is 1. The zero-order chi connectivity index (χ0) is 15.9. The number of rotatable bonds is 3. The monoisotopic (exact) mass is 307 g/mol. The highest BCUT2D eigenvalue weighted by Crippen LogP contribution is 2.42. The Bertz CT molecular complexity index is 743. The fraction of sp³-hybridized carbons (Fsp3) is 0.429. The lowest BCUT2D eigenvalue weighted by atomic mass is 9.91. The van der Waals surface area contributed by atoms with Crippen LogP contribution >= 0.6 is 0 Å². The first-order valence-electron chi connectivity index (χ1n) is 6.59. The van der Waals surface area contributed by atoms with E-state index >= 15 is 0 Å². The maximum Gasteiger partial charge on any atom is 0.179 e. The summed E-state index contributed by atoms with van der Waals surface area (Å²) in [5.41, 5.74) is -1.20. The summed E-state index contributed by atoms with van der Waals surface area (Å²) in [7, 11) is 0. The van der Waals surface area contributed by atoms with E-state index in [1.165, 1.54) is 23.2 Å². The van der Waals surface area contributed by atoms with E-state index in [0.717, 1.165) is 0 Å². The molecule has 116 valence electrons. The van der Waals surface area contributed by atoms with Gasteiger partial charge in [-0.05, 0) is 0 Å². The van der Waals surface area contributed by atoms with Gasteiger partial charge in [-0.25, -0.2) is 9.97 Å². The maximum absolute atomic E-state index is 13.4. The number of fused-ring (bicyclic) bond motifs is 1. The summed E-state index contributed by atoms with van der Waals surface area (Å²) in [5.74, 6) is 1.13. The molecular weight excluding hydrogens is 293 g/mol. The van der Waals surface area contributed by atoms with Crippen molar-refractivity contribution in [2.45, 2.75) is 17.9 Å². The lowest BCUT2D eigenvalue weighted by molar-refractivity contribution is -0.0899. The quantitative estimate of drug-likeness (QED) is 0.689. The lowest BCUT2D eigenvalue weighted by Crippen LogP contribution is -2.43. The highest BCUT2D eigenvalue weighted by Gasteiger charge is 2.54. The Hall–Kier alpha value is -2.21. The van der Waals surface area contributed by atoms with Crippen LogP contribution in [0.5, 0.6) is 5.75 Å². The molecule has 4 atom stereocenters. The van der Waals surface area contributed by atoms with Crippen LogP contribution in [-0.4, -0.2) is 54.8 Å². The first kappa shape index (κ1) is 14.7. The van der Waals surface area contributed by atoms with E-state index in [4.69, 9.17) is 11.2 Å². The molecule has 3 N–H and O–H groups in total. The number of aliphatic hydroxyl groups excluding tert-OH is 2. The van der Waals surface area contributed by atoms with Crippen LogP contribution in [0, 0.1) is 18.3 Å². The second kappa shape index (κ2) is 5.21. The highest BCUT2D eigenvalue weighted by atomic mass is 19.1. The molecule has 1 aliphatic heterocycles. The molecule has 0 amide bonds. The molecule has 1 saturated heterocycles. The fourth-order valence-electron chi connectivity index (χ4n) is 2.70. The normalized spacial score (nSPS) is 31.5. The molecule has 0 bridgehead atoms. The molecular formula is C14H14FN3O4. The number of halogens is 1. The van der Waals surface area contributed by atoms with E-state index in [0.29, 0.717) is 0 Å². The molecule has 0 radical (unpaired) electrons. The Morgan fingerprint density at radius 2 is 2.27 bits per heavy atom. The molecule has 1 fully saturated rings. The van der Waals surface area contributed by atoms with Crippen LogP contribution in [0.4, 0.5) is 4.39 Å². The van der Waals surface area contributed by atoms with Crippen LogP contribution in [0.15, 0.2) is 18.6 Å². The number of aromatic hydroxyl groups is 1. The summed E-state index contributed by atoms with van der Waals surface area (Å²) in [5, 5.41) is 29.4. The molecule has 2 aromatic heterocycles. The number of pyridine rings is 1. The van der Waals surface area contributed by atoms with Gasteiger partial charge in [0.05, 0.1) is 25.5 Å². The predicted octanol–water partition coefficient (Wildman–Crippen LogP) is -0.0234. The Morgan fingerprint density at radius 3 is 2.91 bits per heavy atom. The molecule has 0 aliphatic carbocycles. The molecule has 0 aromatic carbocycles. The number of aromatic nitrogens is 3. The minimum absolute atomic E-state index is 0.0792.